The van der Waals surface area contributed by atoms with E-state index in [1.165, 1.54) is 0 Å². The van der Waals surface area contributed by atoms with Crippen molar-refractivity contribution in [3.8, 4) is 0 Å². The minimum Gasteiger partial charge on any atom is -0.386 e. The highest BCUT2D eigenvalue weighted by molar-refractivity contribution is 6.30. The molecule has 1 aromatic rings. The van der Waals surface area contributed by atoms with Gasteiger partial charge in [0.1, 0.15) is 5.84 Å². The summed E-state index contributed by atoms with van der Waals surface area (Å²) in [7, 11) is 0. The first kappa shape index (κ1) is 9.34. The van der Waals surface area contributed by atoms with Gasteiger partial charge in [-0.05, 0) is 25.1 Å². The number of hydrazone groups is 1. The van der Waals surface area contributed by atoms with Crippen molar-refractivity contribution in [1.29, 1.82) is 0 Å². The van der Waals surface area contributed by atoms with Crippen LogP contribution in [0.1, 0.15) is 13.3 Å². The number of hydrogen-bond donors (Lipinski definition) is 1. The summed E-state index contributed by atoms with van der Waals surface area (Å²) < 4.78 is 0. The third-order valence-electron chi connectivity index (χ3n) is 2.23. The Morgan fingerprint density at radius 3 is 2.93 bits per heavy atom. The van der Waals surface area contributed by atoms with E-state index in [0.717, 1.165) is 17.1 Å². The van der Waals surface area contributed by atoms with Crippen molar-refractivity contribution in [3.05, 3.63) is 29.3 Å². The molecule has 0 saturated carbocycles. The Bertz CT molecular complexity index is 375. The van der Waals surface area contributed by atoms with Crippen LogP contribution in [0.2, 0.25) is 5.02 Å². The van der Waals surface area contributed by atoms with Crippen molar-refractivity contribution >= 4 is 23.1 Å². The van der Waals surface area contributed by atoms with Crippen LogP contribution in [0.15, 0.2) is 29.4 Å². The molecular formula is C10H12ClN3. The zero-order chi connectivity index (χ0) is 10.1. The minimum atomic E-state index is 0.313. The molecule has 0 amide bonds. The Hall–Kier alpha value is -1.22. The largest absolute Gasteiger partial charge is 0.386 e. The van der Waals surface area contributed by atoms with Gasteiger partial charge in [0, 0.05) is 11.4 Å². The molecule has 1 aliphatic heterocycles. The second-order valence-electron chi connectivity index (χ2n) is 3.47. The maximum absolute atomic E-state index is 5.90. The average molecular weight is 210 g/mol. The second kappa shape index (κ2) is 3.50. The lowest BCUT2D eigenvalue weighted by Crippen LogP contribution is -2.22. The zero-order valence-electron chi connectivity index (χ0n) is 7.94. The van der Waals surface area contributed by atoms with Gasteiger partial charge in [0.05, 0.1) is 11.7 Å². The monoisotopic (exact) mass is 209 g/mol. The first-order valence-electron chi connectivity index (χ1n) is 4.54. The van der Waals surface area contributed by atoms with Crippen LogP contribution in [-0.2, 0) is 0 Å². The van der Waals surface area contributed by atoms with E-state index in [0.29, 0.717) is 11.9 Å². The molecule has 0 radical (unpaired) electrons. The van der Waals surface area contributed by atoms with Crippen LogP contribution in [0, 0.1) is 0 Å². The topological polar surface area (TPSA) is 41.6 Å². The molecule has 1 heterocycles. The third kappa shape index (κ3) is 1.68. The fraction of sp³-hybridized carbons (Fsp3) is 0.300. The summed E-state index contributed by atoms with van der Waals surface area (Å²) in [5.74, 6) is 0.678. The third-order valence-corrected chi connectivity index (χ3v) is 2.47. The standard InChI is InChI=1S/C10H12ClN3/c1-7-5-10(12)13-14(7)9-4-2-3-8(11)6-9/h2-4,6-7H,5H2,1H3,(H2,12,13)/t7-/m1/s1. The van der Waals surface area contributed by atoms with E-state index in [9.17, 15) is 0 Å². The summed E-state index contributed by atoms with van der Waals surface area (Å²) >= 11 is 5.90. The molecule has 14 heavy (non-hydrogen) atoms. The molecule has 1 aliphatic rings. The molecule has 0 unspecified atom stereocenters. The molecule has 4 heteroatoms. The van der Waals surface area contributed by atoms with Crippen molar-refractivity contribution in [2.75, 3.05) is 5.01 Å². The van der Waals surface area contributed by atoms with E-state index in [4.69, 9.17) is 17.3 Å². The number of hydrogen-bond acceptors (Lipinski definition) is 3. The Balaban J connectivity index is 2.31. The van der Waals surface area contributed by atoms with Gasteiger partial charge in [0.15, 0.2) is 0 Å². The van der Waals surface area contributed by atoms with Gasteiger partial charge < -0.3 is 5.73 Å². The molecule has 1 aromatic carbocycles. The molecule has 0 saturated heterocycles. The predicted octanol–water partition coefficient (Wildman–Crippen LogP) is 2.21. The summed E-state index contributed by atoms with van der Waals surface area (Å²) in [4.78, 5) is 0. The SMILES string of the molecule is C[C@@H]1CC(N)=NN1c1cccc(Cl)c1. The molecule has 0 aromatic heterocycles. The first-order valence-corrected chi connectivity index (χ1v) is 4.92. The van der Waals surface area contributed by atoms with Gasteiger partial charge in [-0.2, -0.15) is 5.10 Å². The number of rotatable bonds is 1. The van der Waals surface area contributed by atoms with E-state index in [1.54, 1.807) is 0 Å². The maximum Gasteiger partial charge on any atom is 0.122 e. The number of anilines is 1. The lowest BCUT2D eigenvalue weighted by Gasteiger charge is -2.19. The highest BCUT2D eigenvalue weighted by Crippen LogP contribution is 2.25. The number of benzene rings is 1. The Labute approximate surface area is 88.2 Å². The van der Waals surface area contributed by atoms with Gasteiger partial charge in [-0.25, -0.2) is 0 Å². The Morgan fingerprint density at radius 2 is 2.36 bits per heavy atom. The molecule has 2 N–H and O–H groups in total. The van der Waals surface area contributed by atoms with Crippen LogP contribution in [0.4, 0.5) is 5.69 Å². The van der Waals surface area contributed by atoms with Crippen LogP contribution in [0.25, 0.3) is 0 Å². The van der Waals surface area contributed by atoms with E-state index in [2.05, 4.69) is 12.0 Å². The highest BCUT2D eigenvalue weighted by atomic mass is 35.5. The van der Waals surface area contributed by atoms with Crippen LogP contribution >= 0.6 is 11.6 Å². The summed E-state index contributed by atoms with van der Waals surface area (Å²) in [5.41, 5.74) is 6.66. The van der Waals surface area contributed by atoms with E-state index < -0.39 is 0 Å². The molecule has 0 bridgehead atoms. The summed E-state index contributed by atoms with van der Waals surface area (Å²) in [6, 6.07) is 7.94. The summed E-state index contributed by atoms with van der Waals surface area (Å²) in [6.07, 6.45) is 0.812. The maximum atomic E-state index is 5.90. The van der Waals surface area contributed by atoms with Crippen molar-refractivity contribution in [2.45, 2.75) is 19.4 Å². The molecular weight excluding hydrogens is 198 g/mol. The Morgan fingerprint density at radius 1 is 1.57 bits per heavy atom. The lowest BCUT2D eigenvalue weighted by atomic mass is 10.2. The van der Waals surface area contributed by atoms with Crippen molar-refractivity contribution in [1.82, 2.24) is 0 Å². The number of nitrogens with zero attached hydrogens (tertiary/aromatic N) is 2. The van der Waals surface area contributed by atoms with Crippen LogP contribution in [0.5, 0.6) is 0 Å². The van der Waals surface area contributed by atoms with Gasteiger partial charge in [0.25, 0.3) is 0 Å². The first-order chi connectivity index (χ1) is 6.66. The fourth-order valence-electron chi connectivity index (χ4n) is 1.60. The number of nitrogens with two attached hydrogens (primary N) is 1. The lowest BCUT2D eigenvalue weighted by molar-refractivity contribution is 0.723. The van der Waals surface area contributed by atoms with E-state index in [1.807, 2.05) is 29.3 Å². The van der Waals surface area contributed by atoms with Gasteiger partial charge in [-0.3, -0.25) is 5.01 Å². The van der Waals surface area contributed by atoms with Crippen molar-refractivity contribution in [2.24, 2.45) is 10.8 Å². The van der Waals surface area contributed by atoms with Crippen LogP contribution in [0.3, 0.4) is 0 Å². The van der Waals surface area contributed by atoms with Gasteiger partial charge in [0.2, 0.25) is 0 Å². The van der Waals surface area contributed by atoms with E-state index in [-0.39, 0.29) is 0 Å². The molecule has 0 fully saturated rings. The smallest absolute Gasteiger partial charge is 0.122 e. The second-order valence-corrected chi connectivity index (χ2v) is 3.91. The molecule has 3 nitrogen and oxygen atoms in total. The van der Waals surface area contributed by atoms with Crippen molar-refractivity contribution in [3.63, 3.8) is 0 Å². The van der Waals surface area contributed by atoms with Gasteiger partial charge in [-0.15, -0.1) is 0 Å². The van der Waals surface area contributed by atoms with Crippen LogP contribution in [-0.4, -0.2) is 11.9 Å². The number of amidine groups is 1. The summed E-state index contributed by atoms with van der Waals surface area (Å²) in [6.45, 7) is 2.09. The molecule has 1 atom stereocenters. The van der Waals surface area contributed by atoms with Gasteiger partial charge in [-0.1, -0.05) is 17.7 Å². The normalized spacial score (nSPS) is 21.1. The molecule has 74 valence electrons. The molecule has 0 aliphatic carbocycles. The molecule has 2 rings (SSSR count). The van der Waals surface area contributed by atoms with Crippen molar-refractivity contribution < 1.29 is 0 Å². The fourth-order valence-corrected chi connectivity index (χ4v) is 1.78. The number of halogens is 1. The Kier molecular flexibility index (Phi) is 2.33. The summed E-state index contributed by atoms with van der Waals surface area (Å²) in [5, 5.41) is 6.87. The predicted molar refractivity (Wildman–Crippen MR) is 59.6 cm³/mol. The van der Waals surface area contributed by atoms with E-state index >= 15 is 0 Å². The molecule has 0 spiro atoms. The highest BCUT2D eigenvalue weighted by Gasteiger charge is 2.21. The minimum absolute atomic E-state index is 0.313. The van der Waals surface area contributed by atoms with Gasteiger partial charge >= 0.3 is 0 Å². The quantitative estimate of drug-likeness (QED) is 0.771. The zero-order valence-corrected chi connectivity index (χ0v) is 8.70. The average Bonchev–Trinajstić information content (AvgIpc) is 2.45. The van der Waals surface area contributed by atoms with Crippen LogP contribution < -0.4 is 10.7 Å².